The fraction of sp³-hybridized carbons (Fsp3) is 0.250. The lowest BCUT2D eigenvalue weighted by atomic mass is 10.7. The van der Waals surface area contributed by atoms with Gasteiger partial charge < -0.3 is 0 Å². The van der Waals surface area contributed by atoms with Gasteiger partial charge in [0.05, 0.1) is 8.07 Å². The molecule has 0 amide bonds. The van der Waals surface area contributed by atoms with E-state index >= 15 is 0 Å². The summed E-state index contributed by atoms with van der Waals surface area (Å²) in [4.78, 5) is 0. The highest BCUT2D eigenvalue weighted by Gasteiger charge is 2.27. The molecule has 0 aliphatic rings. The molecule has 0 rings (SSSR count). The summed E-state index contributed by atoms with van der Waals surface area (Å²) in [5.74, 6) is 0. The predicted molar refractivity (Wildman–Crippen MR) is 65.3 cm³/mol. The van der Waals surface area contributed by atoms with Crippen molar-refractivity contribution in [3.05, 3.63) is 56.7 Å². The zero-order valence-corrected chi connectivity index (χ0v) is 9.21. The Morgan fingerprint density at radius 2 is 1.54 bits per heavy atom. The van der Waals surface area contributed by atoms with Crippen molar-refractivity contribution in [2.45, 2.75) is 18.1 Å². The van der Waals surface area contributed by atoms with Crippen LogP contribution in [0.3, 0.4) is 0 Å². The van der Waals surface area contributed by atoms with Gasteiger partial charge in [0.25, 0.3) is 0 Å². The lowest BCUT2D eigenvalue weighted by Gasteiger charge is -2.26. The molecule has 0 saturated heterocycles. The zero-order valence-electron chi connectivity index (χ0n) is 9.21. The van der Waals surface area contributed by atoms with Crippen molar-refractivity contribution in [1.82, 2.24) is 0 Å². The van der Waals surface area contributed by atoms with Crippen LogP contribution in [0.4, 0.5) is 0 Å². The van der Waals surface area contributed by atoms with Crippen LogP contribution in [0, 0.1) is 6.04 Å². The second-order valence-corrected chi connectivity index (χ2v) is 6.97. The highest BCUT2D eigenvalue weighted by atomic mass is 28.3. The molecule has 0 aromatic carbocycles. The molecule has 0 N–H and O–H groups in total. The minimum atomic E-state index is -1.83. The van der Waals surface area contributed by atoms with E-state index in [1.807, 2.05) is 12.2 Å². The van der Waals surface area contributed by atoms with Crippen molar-refractivity contribution < 1.29 is 1.37 Å². The van der Waals surface area contributed by atoms with Gasteiger partial charge in [-0.1, -0.05) is 24.3 Å². The van der Waals surface area contributed by atoms with E-state index in [9.17, 15) is 0 Å². The van der Waals surface area contributed by atoms with Crippen molar-refractivity contribution in [2.24, 2.45) is 0 Å². The Labute approximate surface area is 84.8 Å². The van der Waals surface area contributed by atoms with Crippen LogP contribution in [0.15, 0.2) is 50.6 Å². The molecule has 0 spiro atoms. The maximum Gasteiger partial charge on any atom is 0.0719 e. The first kappa shape index (κ1) is 10.3. The Balaban J connectivity index is 4.87. The number of hydrogen-bond acceptors (Lipinski definition) is 0. The summed E-state index contributed by atoms with van der Waals surface area (Å²) in [6.07, 6.45) is 7.28. The van der Waals surface area contributed by atoms with Gasteiger partial charge in [-0.3, -0.25) is 0 Å². The average Bonchev–Trinajstić information content (AvgIpc) is 2.17. The van der Waals surface area contributed by atoms with Gasteiger partial charge in [-0.05, 0) is 24.2 Å². The Bertz CT molecular complexity index is 194. The minimum absolute atomic E-state index is 0.212. The summed E-state index contributed by atoms with van der Waals surface area (Å²) in [6, 6.07) is 3.64. The van der Waals surface area contributed by atoms with E-state index in [1.165, 1.54) is 0 Å². The van der Waals surface area contributed by atoms with Gasteiger partial charge in [0.15, 0.2) is 0 Å². The zero-order chi connectivity index (χ0) is 11.0. The van der Waals surface area contributed by atoms with E-state index in [1.54, 1.807) is 12.2 Å². The lowest BCUT2D eigenvalue weighted by Crippen LogP contribution is -2.32. The molecule has 0 saturated carbocycles. The van der Waals surface area contributed by atoms with E-state index in [4.69, 9.17) is 1.37 Å². The van der Waals surface area contributed by atoms with Crippen LogP contribution in [0.5, 0.6) is 0 Å². The van der Waals surface area contributed by atoms with E-state index in [0.717, 1.165) is 12.1 Å². The van der Waals surface area contributed by atoms with Gasteiger partial charge in [-0.15, -0.1) is 26.3 Å². The first-order valence-corrected chi connectivity index (χ1v) is 6.97. The van der Waals surface area contributed by atoms with Crippen molar-refractivity contribution in [3.63, 3.8) is 0 Å². The Hall–Kier alpha value is -0.823. The third-order valence-corrected chi connectivity index (χ3v) is 5.84. The normalized spacial score (nSPS) is 14.0. The fourth-order valence-electron chi connectivity index (χ4n) is 1.42. The van der Waals surface area contributed by atoms with Crippen molar-refractivity contribution in [1.29, 1.82) is 0 Å². The molecule has 13 heavy (non-hydrogen) atoms. The SMILES string of the molecule is [2H]C(C=C)[Si]([CH]C=C)(CC=C)CC=C. The van der Waals surface area contributed by atoms with Crippen molar-refractivity contribution in [3.8, 4) is 0 Å². The topological polar surface area (TPSA) is 0 Å². The molecule has 0 aliphatic heterocycles. The molecule has 0 aromatic rings. The monoisotopic (exact) mass is 192 g/mol. The molecule has 0 nitrogen and oxygen atoms in total. The number of hydrogen-bond donors (Lipinski definition) is 0. The molecule has 1 unspecified atom stereocenters. The first-order valence-electron chi connectivity index (χ1n) is 4.98. The summed E-state index contributed by atoms with van der Waals surface area (Å²) < 4.78 is 8.01. The summed E-state index contributed by atoms with van der Waals surface area (Å²) in [5, 5.41) is 0. The third-order valence-electron chi connectivity index (χ3n) is 1.95. The summed E-state index contributed by atoms with van der Waals surface area (Å²) in [5.41, 5.74) is 0. The van der Waals surface area contributed by atoms with Crippen LogP contribution in [0.1, 0.15) is 1.37 Å². The number of rotatable bonds is 8. The molecule has 1 heteroatoms. The van der Waals surface area contributed by atoms with Crippen LogP contribution in [0.25, 0.3) is 0 Å². The summed E-state index contributed by atoms with van der Waals surface area (Å²) in [6.45, 7) is 14.9. The third kappa shape index (κ3) is 4.09. The van der Waals surface area contributed by atoms with E-state index in [2.05, 4.69) is 32.4 Å². The molecule has 0 aliphatic carbocycles. The van der Waals surface area contributed by atoms with Gasteiger partial charge in [-0.2, -0.15) is 0 Å². The lowest BCUT2D eigenvalue weighted by molar-refractivity contribution is 1.36. The molecule has 0 heterocycles. The van der Waals surface area contributed by atoms with Crippen LogP contribution < -0.4 is 0 Å². The highest BCUT2D eigenvalue weighted by Crippen LogP contribution is 2.25. The summed E-state index contributed by atoms with van der Waals surface area (Å²) >= 11 is 0. The minimum Gasteiger partial charge on any atom is -0.103 e. The van der Waals surface area contributed by atoms with Crippen molar-refractivity contribution in [2.75, 3.05) is 0 Å². The molecule has 0 bridgehead atoms. The van der Waals surface area contributed by atoms with Crippen LogP contribution in [-0.4, -0.2) is 8.07 Å². The van der Waals surface area contributed by atoms with Gasteiger partial charge >= 0.3 is 0 Å². The average molecular weight is 192 g/mol. The van der Waals surface area contributed by atoms with Crippen LogP contribution in [-0.2, 0) is 0 Å². The van der Waals surface area contributed by atoms with E-state index in [0.29, 0.717) is 0 Å². The maximum absolute atomic E-state index is 8.01. The van der Waals surface area contributed by atoms with Gasteiger partial charge in [0, 0.05) is 1.37 Å². The smallest absolute Gasteiger partial charge is 0.0719 e. The number of allylic oxidation sites excluding steroid dienone is 4. The standard InChI is InChI=1S/C12H19Si/c1-5-9-13(10-6-2,11-7-3)12-8-4/h5-9H,1-4,10-12H2/i10D. The Morgan fingerprint density at radius 1 is 1.00 bits per heavy atom. The molecular formula is C12H19Si. The first-order chi connectivity index (χ1) is 6.66. The van der Waals surface area contributed by atoms with Gasteiger partial charge in [-0.25, -0.2) is 0 Å². The molecule has 1 atom stereocenters. The fourth-order valence-corrected chi connectivity index (χ4v) is 4.25. The van der Waals surface area contributed by atoms with Crippen LogP contribution in [0.2, 0.25) is 18.1 Å². The molecule has 71 valence electrons. The van der Waals surface area contributed by atoms with Crippen molar-refractivity contribution >= 4 is 8.07 Å². The molecular weight excluding hydrogens is 172 g/mol. The Kier molecular flexibility index (Phi) is 5.26. The molecule has 0 fully saturated rings. The molecule has 1 radical (unpaired) electrons. The summed E-state index contributed by atoms with van der Waals surface area (Å²) in [7, 11) is -1.83. The van der Waals surface area contributed by atoms with Crippen LogP contribution >= 0.6 is 0 Å². The van der Waals surface area contributed by atoms with E-state index in [-0.39, 0.29) is 6.02 Å². The Morgan fingerprint density at radius 3 is 1.85 bits per heavy atom. The van der Waals surface area contributed by atoms with Gasteiger partial charge in [0.1, 0.15) is 0 Å². The van der Waals surface area contributed by atoms with E-state index < -0.39 is 8.07 Å². The largest absolute Gasteiger partial charge is 0.103 e. The second kappa shape index (κ2) is 6.67. The van der Waals surface area contributed by atoms with Gasteiger partial charge in [0.2, 0.25) is 0 Å². The molecule has 0 aromatic heterocycles. The quantitative estimate of drug-likeness (QED) is 0.404. The highest BCUT2D eigenvalue weighted by molar-refractivity contribution is 6.84. The second-order valence-electron chi connectivity index (χ2n) is 3.02. The maximum atomic E-state index is 8.01. The predicted octanol–water partition coefficient (Wildman–Crippen LogP) is 3.92.